The lowest BCUT2D eigenvalue weighted by Gasteiger charge is -2.33. The molecular weight excluding hydrogens is 479 g/mol. The highest BCUT2D eigenvalue weighted by Crippen LogP contribution is 2.41. The van der Waals surface area contributed by atoms with Crippen LogP contribution in [0.25, 0.3) is 10.9 Å². The second-order valence-corrected chi connectivity index (χ2v) is 8.53. The van der Waals surface area contributed by atoms with E-state index in [1.165, 1.54) is 18.2 Å². The molecular formula is C22H19F5N4O4. The zero-order valence-electron chi connectivity index (χ0n) is 18.0. The zero-order chi connectivity index (χ0) is 24.7. The van der Waals surface area contributed by atoms with Gasteiger partial charge < -0.3 is 14.5 Å². The van der Waals surface area contributed by atoms with Gasteiger partial charge in [0.25, 0.3) is 5.91 Å². The van der Waals surface area contributed by atoms with E-state index in [1.807, 2.05) is 0 Å². The van der Waals surface area contributed by atoms with Crippen LogP contribution in [0.4, 0.5) is 22.0 Å². The molecule has 13 heteroatoms. The lowest BCUT2D eigenvalue weighted by molar-refractivity contribution is -0.352. The van der Waals surface area contributed by atoms with Crippen LogP contribution in [0.1, 0.15) is 60.0 Å². The van der Waals surface area contributed by atoms with E-state index in [2.05, 4.69) is 25.2 Å². The molecule has 0 bridgehead atoms. The molecule has 1 aliphatic heterocycles. The lowest BCUT2D eigenvalue weighted by atomic mass is 9.82. The molecule has 3 aromatic rings. The average molecular weight is 498 g/mol. The third kappa shape index (κ3) is 5.10. The summed E-state index contributed by atoms with van der Waals surface area (Å²) in [4.78, 5) is 16.7. The van der Waals surface area contributed by atoms with Crippen molar-refractivity contribution in [1.29, 1.82) is 0 Å². The molecule has 1 amide bonds. The lowest BCUT2D eigenvalue weighted by Crippen LogP contribution is -2.41. The van der Waals surface area contributed by atoms with Crippen molar-refractivity contribution >= 4 is 16.8 Å². The van der Waals surface area contributed by atoms with Crippen LogP contribution in [0.2, 0.25) is 0 Å². The summed E-state index contributed by atoms with van der Waals surface area (Å²) in [6.45, 7) is 0.159. The maximum atomic E-state index is 13.8. The van der Waals surface area contributed by atoms with E-state index in [1.54, 1.807) is 0 Å². The first-order chi connectivity index (χ1) is 16.7. The SMILES string of the molecule is O=C(N[C@@H]1CC[C@@H](c2nnc([C@H]3C[C@@H](OC(F)(F)F)C3)o2)OC1)c1ccc2c(F)c(F)ccc2n1. The van der Waals surface area contributed by atoms with Gasteiger partial charge in [-0.25, -0.2) is 13.8 Å². The number of amides is 1. The third-order valence-electron chi connectivity index (χ3n) is 6.08. The summed E-state index contributed by atoms with van der Waals surface area (Å²) in [6.07, 6.45) is -4.79. The summed E-state index contributed by atoms with van der Waals surface area (Å²) >= 11 is 0. The van der Waals surface area contributed by atoms with Gasteiger partial charge >= 0.3 is 6.36 Å². The van der Waals surface area contributed by atoms with Crippen LogP contribution >= 0.6 is 0 Å². The van der Waals surface area contributed by atoms with Crippen molar-refractivity contribution in [3.8, 4) is 0 Å². The van der Waals surface area contributed by atoms with Crippen molar-refractivity contribution in [1.82, 2.24) is 20.5 Å². The predicted molar refractivity (Wildman–Crippen MR) is 108 cm³/mol. The summed E-state index contributed by atoms with van der Waals surface area (Å²) in [5.41, 5.74) is 0.215. The highest BCUT2D eigenvalue weighted by molar-refractivity contribution is 5.95. The topological polar surface area (TPSA) is 99.4 Å². The number of halogens is 5. The number of alkyl halides is 3. The van der Waals surface area contributed by atoms with E-state index in [9.17, 15) is 26.7 Å². The quantitative estimate of drug-likeness (QED) is 0.523. The van der Waals surface area contributed by atoms with Gasteiger partial charge in [-0.2, -0.15) is 0 Å². The normalized spacial score (nSPS) is 24.8. The maximum Gasteiger partial charge on any atom is 0.522 e. The minimum Gasteiger partial charge on any atom is -0.422 e. The minimum atomic E-state index is -4.67. The monoisotopic (exact) mass is 498 g/mol. The van der Waals surface area contributed by atoms with Crippen molar-refractivity contribution in [3.05, 3.63) is 53.4 Å². The van der Waals surface area contributed by atoms with Crippen molar-refractivity contribution in [2.75, 3.05) is 6.61 Å². The van der Waals surface area contributed by atoms with Crippen molar-refractivity contribution in [2.24, 2.45) is 0 Å². The Morgan fingerprint density at radius 3 is 2.54 bits per heavy atom. The first-order valence-corrected chi connectivity index (χ1v) is 10.9. The number of fused-ring (bicyclic) bond motifs is 1. The van der Waals surface area contributed by atoms with Gasteiger partial charge in [-0.15, -0.1) is 23.4 Å². The van der Waals surface area contributed by atoms with E-state index < -0.39 is 36.1 Å². The molecule has 2 aliphatic rings. The van der Waals surface area contributed by atoms with E-state index in [4.69, 9.17) is 9.15 Å². The highest BCUT2D eigenvalue weighted by Gasteiger charge is 2.43. The number of nitrogens with zero attached hydrogens (tertiary/aromatic N) is 3. The molecule has 1 saturated carbocycles. The first kappa shape index (κ1) is 23.5. The third-order valence-corrected chi connectivity index (χ3v) is 6.08. The van der Waals surface area contributed by atoms with Crippen LogP contribution in [-0.4, -0.2) is 46.2 Å². The maximum absolute atomic E-state index is 13.8. The zero-order valence-corrected chi connectivity index (χ0v) is 18.0. The van der Waals surface area contributed by atoms with Crippen molar-refractivity contribution in [3.63, 3.8) is 0 Å². The van der Waals surface area contributed by atoms with Crippen molar-refractivity contribution in [2.45, 2.75) is 56.2 Å². The van der Waals surface area contributed by atoms with Crippen LogP contribution in [0.5, 0.6) is 0 Å². The van der Waals surface area contributed by atoms with Crippen molar-refractivity contribution < 1.29 is 40.6 Å². The number of carbonyl (C=O) groups is 1. The molecule has 2 fully saturated rings. The standard InChI is InChI=1S/C22H19F5N4O4/c23-14-3-5-15-13(18(14)24)2-4-16(29-15)19(32)28-11-1-6-17(33-9-11)21-31-30-20(34-21)10-7-12(8-10)35-22(25,26)27/h2-5,10-12,17H,1,6-9H2,(H,28,32)/t10-,11-,12+,17+/m1/s1. The van der Waals surface area contributed by atoms with Crippen LogP contribution < -0.4 is 5.32 Å². The fourth-order valence-corrected chi connectivity index (χ4v) is 4.18. The Labute approximate surface area is 194 Å². The summed E-state index contributed by atoms with van der Waals surface area (Å²) in [6, 6.07) is 4.54. The number of rotatable bonds is 5. The van der Waals surface area contributed by atoms with E-state index in [0.29, 0.717) is 12.8 Å². The fourth-order valence-electron chi connectivity index (χ4n) is 4.18. The number of ether oxygens (including phenoxy) is 2. The Hall–Kier alpha value is -3.19. The largest absolute Gasteiger partial charge is 0.522 e. The smallest absolute Gasteiger partial charge is 0.422 e. The molecule has 0 spiro atoms. The number of hydrogen-bond acceptors (Lipinski definition) is 7. The van der Waals surface area contributed by atoms with Gasteiger partial charge in [-0.05, 0) is 49.9 Å². The predicted octanol–water partition coefficient (Wildman–Crippen LogP) is 4.33. The van der Waals surface area contributed by atoms with Crippen LogP contribution in [0.3, 0.4) is 0 Å². The summed E-state index contributed by atoms with van der Waals surface area (Å²) < 4.78 is 79.3. The molecule has 1 saturated heterocycles. The van der Waals surface area contributed by atoms with Gasteiger partial charge in [-0.3, -0.25) is 9.53 Å². The van der Waals surface area contributed by atoms with Crippen LogP contribution in [0, 0.1) is 11.6 Å². The summed E-state index contributed by atoms with van der Waals surface area (Å²) in [5.74, 6) is -2.31. The molecule has 1 N–H and O–H groups in total. The number of nitrogens with one attached hydrogen (secondary N) is 1. The Kier molecular flexibility index (Phi) is 6.13. The van der Waals surface area contributed by atoms with Crippen LogP contribution in [0.15, 0.2) is 28.7 Å². The number of aromatic nitrogens is 3. The Morgan fingerprint density at radius 1 is 1.06 bits per heavy atom. The van der Waals surface area contributed by atoms with E-state index in [-0.39, 0.29) is 59.8 Å². The number of pyridine rings is 1. The van der Waals surface area contributed by atoms with Gasteiger partial charge in [0.2, 0.25) is 11.8 Å². The Bertz CT molecular complexity index is 1240. The van der Waals surface area contributed by atoms with Gasteiger partial charge in [0.1, 0.15) is 11.8 Å². The molecule has 35 heavy (non-hydrogen) atoms. The Morgan fingerprint density at radius 2 is 1.83 bits per heavy atom. The minimum absolute atomic E-state index is 0.0189. The number of hydrogen-bond donors (Lipinski definition) is 1. The molecule has 1 aromatic carbocycles. The molecule has 0 unspecified atom stereocenters. The first-order valence-electron chi connectivity index (χ1n) is 10.9. The molecule has 3 heterocycles. The van der Waals surface area contributed by atoms with E-state index >= 15 is 0 Å². The molecule has 8 nitrogen and oxygen atoms in total. The average Bonchev–Trinajstić information content (AvgIpc) is 3.28. The number of benzene rings is 1. The number of carbonyl (C=O) groups excluding carboxylic acids is 1. The molecule has 0 radical (unpaired) electrons. The fraction of sp³-hybridized carbons (Fsp3) is 0.455. The molecule has 186 valence electrons. The molecule has 1 aliphatic carbocycles. The van der Waals surface area contributed by atoms with Gasteiger partial charge in [0.05, 0.1) is 24.3 Å². The summed E-state index contributed by atoms with van der Waals surface area (Å²) in [5, 5.41) is 10.7. The highest BCUT2D eigenvalue weighted by atomic mass is 19.4. The molecule has 2 atom stereocenters. The van der Waals surface area contributed by atoms with Crippen LogP contribution in [-0.2, 0) is 9.47 Å². The van der Waals surface area contributed by atoms with Gasteiger partial charge in [0, 0.05) is 11.3 Å². The Balaban J connectivity index is 1.13. The summed E-state index contributed by atoms with van der Waals surface area (Å²) in [7, 11) is 0. The van der Waals surface area contributed by atoms with Gasteiger partial charge in [0.15, 0.2) is 11.6 Å². The van der Waals surface area contributed by atoms with E-state index in [0.717, 1.165) is 6.07 Å². The molecule has 5 rings (SSSR count). The second kappa shape index (κ2) is 9.11. The molecule has 2 aromatic heterocycles. The van der Waals surface area contributed by atoms with Gasteiger partial charge in [-0.1, -0.05) is 0 Å². The second-order valence-electron chi connectivity index (χ2n) is 8.53.